The smallest absolute Gasteiger partial charge is 0.229 e. The predicted octanol–water partition coefficient (Wildman–Crippen LogP) is 5.65. The first-order chi connectivity index (χ1) is 16.9. The third kappa shape index (κ3) is 4.41. The molecule has 1 N–H and O–H groups in total. The van der Waals surface area contributed by atoms with Crippen LogP contribution in [0.5, 0.6) is 0 Å². The number of nitrogens with one attached hydrogen (secondary N) is 1. The molecule has 3 heterocycles. The second kappa shape index (κ2) is 9.38. The maximum absolute atomic E-state index is 14.8. The number of nitrogens with zero attached hydrogens (tertiary/aromatic N) is 5. The van der Waals surface area contributed by atoms with Gasteiger partial charge in [0.05, 0.1) is 18.1 Å². The van der Waals surface area contributed by atoms with Crippen molar-refractivity contribution in [2.75, 3.05) is 42.9 Å². The molecule has 1 saturated heterocycles. The van der Waals surface area contributed by atoms with Crippen LogP contribution in [0, 0.1) is 5.82 Å². The van der Waals surface area contributed by atoms with E-state index in [-0.39, 0.29) is 5.41 Å². The molecule has 2 aromatic heterocycles. The largest absolute Gasteiger partial charge is 0.368 e. The van der Waals surface area contributed by atoms with Crippen LogP contribution < -0.4 is 10.2 Å². The normalized spacial score (nSPS) is 20.0. The Labute approximate surface area is 206 Å². The molecule has 1 aromatic carbocycles. The van der Waals surface area contributed by atoms with Crippen molar-refractivity contribution in [1.29, 1.82) is 0 Å². The number of likely N-dealkylation sites (N-methyl/N-ethyl adjacent to an activating group) is 1. The van der Waals surface area contributed by atoms with Crippen molar-refractivity contribution in [3.8, 4) is 11.3 Å². The summed E-state index contributed by atoms with van der Waals surface area (Å²) in [5.41, 5.74) is 5.86. The van der Waals surface area contributed by atoms with Crippen molar-refractivity contribution >= 4 is 23.5 Å². The van der Waals surface area contributed by atoms with Crippen molar-refractivity contribution in [2.24, 2.45) is 0 Å². The number of fused-ring (bicyclic) bond motifs is 1. The van der Waals surface area contributed by atoms with Crippen molar-refractivity contribution in [2.45, 2.75) is 39.5 Å². The van der Waals surface area contributed by atoms with Gasteiger partial charge in [-0.05, 0) is 49.2 Å². The summed E-state index contributed by atoms with van der Waals surface area (Å²) in [6.45, 7) is 14.0. The molecule has 5 rings (SSSR count). The average molecular weight is 473 g/mol. The van der Waals surface area contributed by atoms with Gasteiger partial charge in [-0.15, -0.1) is 0 Å². The molecule has 35 heavy (non-hydrogen) atoms. The summed E-state index contributed by atoms with van der Waals surface area (Å²) >= 11 is 0. The van der Waals surface area contributed by atoms with Crippen LogP contribution in [0.2, 0.25) is 0 Å². The summed E-state index contributed by atoms with van der Waals surface area (Å²) in [7, 11) is 0. The van der Waals surface area contributed by atoms with E-state index < -0.39 is 5.82 Å². The number of pyridine rings is 1. The lowest BCUT2D eigenvalue weighted by atomic mass is 9.77. The standard InChI is InChI=1S/C28H33FN6/c1-5-28(4)19(3)15-20-7-8-21(16-23(20)28)26-24(29)18-31-27(33-26)32-25-10-9-22(17-30-25)35-13-11-34(6-2)12-14-35/h7-10,15-18H,5-6,11-14H2,1-4H3,(H,30,31,32,33). The van der Waals surface area contributed by atoms with Gasteiger partial charge in [0.25, 0.3) is 0 Å². The molecule has 1 unspecified atom stereocenters. The van der Waals surface area contributed by atoms with E-state index in [2.05, 4.69) is 82.0 Å². The molecule has 0 radical (unpaired) electrons. The van der Waals surface area contributed by atoms with E-state index >= 15 is 0 Å². The van der Waals surface area contributed by atoms with E-state index in [9.17, 15) is 4.39 Å². The monoisotopic (exact) mass is 472 g/mol. The lowest BCUT2D eigenvalue weighted by Crippen LogP contribution is -2.46. The van der Waals surface area contributed by atoms with E-state index in [1.54, 1.807) is 0 Å². The number of anilines is 3. The van der Waals surface area contributed by atoms with Gasteiger partial charge in [-0.1, -0.05) is 44.6 Å². The van der Waals surface area contributed by atoms with E-state index in [0.29, 0.717) is 17.5 Å². The third-order valence-electron chi connectivity index (χ3n) is 7.79. The average Bonchev–Trinajstić information content (AvgIpc) is 3.15. The summed E-state index contributed by atoms with van der Waals surface area (Å²) in [6.07, 6.45) is 6.31. The van der Waals surface area contributed by atoms with Gasteiger partial charge < -0.3 is 15.1 Å². The Morgan fingerprint density at radius 3 is 2.51 bits per heavy atom. The molecule has 0 bridgehead atoms. The number of allylic oxidation sites excluding steroid dienone is 1. The highest BCUT2D eigenvalue weighted by Gasteiger charge is 2.33. The van der Waals surface area contributed by atoms with Gasteiger partial charge in [0.15, 0.2) is 5.82 Å². The maximum atomic E-state index is 14.8. The minimum atomic E-state index is -0.439. The molecule has 3 aromatic rings. The molecule has 0 spiro atoms. The molecular formula is C28H33FN6. The molecule has 1 aliphatic carbocycles. The summed E-state index contributed by atoms with van der Waals surface area (Å²) in [6, 6.07) is 10.1. The van der Waals surface area contributed by atoms with E-state index in [1.165, 1.54) is 22.9 Å². The number of hydrogen-bond donors (Lipinski definition) is 1. The predicted molar refractivity (Wildman–Crippen MR) is 141 cm³/mol. The molecule has 1 fully saturated rings. The molecule has 6 nitrogen and oxygen atoms in total. The van der Waals surface area contributed by atoms with Crippen LogP contribution in [0.25, 0.3) is 17.3 Å². The highest BCUT2D eigenvalue weighted by atomic mass is 19.1. The van der Waals surface area contributed by atoms with Gasteiger partial charge in [0, 0.05) is 37.2 Å². The molecule has 182 valence electrons. The summed E-state index contributed by atoms with van der Waals surface area (Å²) in [5, 5.41) is 3.14. The van der Waals surface area contributed by atoms with Crippen molar-refractivity contribution in [3.63, 3.8) is 0 Å². The fourth-order valence-corrected chi connectivity index (χ4v) is 5.10. The van der Waals surface area contributed by atoms with Crippen LogP contribution in [0.15, 0.2) is 48.3 Å². The minimum absolute atomic E-state index is 0.0369. The first kappa shape index (κ1) is 23.4. The number of piperazine rings is 1. The van der Waals surface area contributed by atoms with Crippen molar-refractivity contribution < 1.29 is 4.39 Å². The number of halogens is 1. The van der Waals surface area contributed by atoms with Gasteiger partial charge in [-0.25, -0.2) is 19.3 Å². The number of benzene rings is 1. The van der Waals surface area contributed by atoms with E-state index in [0.717, 1.165) is 50.4 Å². The second-order valence-corrected chi connectivity index (χ2v) is 9.65. The Morgan fingerprint density at radius 2 is 1.83 bits per heavy atom. The zero-order valence-electron chi connectivity index (χ0n) is 21.0. The summed E-state index contributed by atoms with van der Waals surface area (Å²) in [4.78, 5) is 18.0. The van der Waals surface area contributed by atoms with Crippen LogP contribution in [0.3, 0.4) is 0 Å². The zero-order valence-corrected chi connectivity index (χ0v) is 21.0. The summed E-state index contributed by atoms with van der Waals surface area (Å²) in [5.74, 6) is 0.517. The quantitative estimate of drug-likeness (QED) is 0.501. The first-order valence-corrected chi connectivity index (χ1v) is 12.5. The lowest BCUT2D eigenvalue weighted by Gasteiger charge is -2.35. The summed E-state index contributed by atoms with van der Waals surface area (Å²) < 4.78 is 14.8. The second-order valence-electron chi connectivity index (χ2n) is 9.65. The fraction of sp³-hybridized carbons (Fsp3) is 0.393. The number of aromatic nitrogens is 3. The van der Waals surface area contributed by atoms with Crippen molar-refractivity contribution in [1.82, 2.24) is 19.9 Å². The number of rotatable bonds is 6. The number of hydrogen-bond acceptors (Lipinski definition) is 6. The molecule has 2 aliphatic rings. The molecular weight excluding hydrogens is 439 g/mol. The highest BCUT2D eigenvalue weighted by Crippen LogP contribution is 2.45. The Balaban J connectivity index is 1.35. The zero-order chi connectivity index (χ0) is 24.6. The fourth-order valence-electron chi connectivity index (χ4n) is 5.10. The topological polar surface area (TPSA) is 57.2 Å². The first-order valence-electron chi connectivity index (χ1n) is 12.5. The molecule has 1 aliphatic heterocycles. The third-order valence-corrected chi connectivity index (χ3v) is 7.79. The molecule has 0 saturated carbocycles. The maximum Gasteiger partial charge on any atom is 0.229 e. The van der Waals surface area contributed by atoms with Crippen LogP contribution in [0.1, 0.15) is 45.2 Å². The van der Waals surface area contributed by atoms with Gasteiger partial charge in [-0.3, -0.25) is 0 Å². The molecule has 0 amide bonds. The lowest BCUT2D eigenvalue weighted by molar-refractivity contribution is 0.271. The molecule has 7 heteroatoms. The van der Waals surface area contributed by atoms with Gasteiger partial charge in [0.1, 0.15) is 11.5 Å². The van der Waals surface area contributed by atoms with Crippen LogP contribution >= 0.6 is 0 Å². The molecule has 1 atom stereocenters. The SMILES string of the molecule is CCN1CCN(c2ccc(Nc3ncc(F)c(-c4ccc5c(c4)C(C)(CC)C(C)=C5)n3)nc2)CC1. The Morgan fingerprint density at radius 1 is 1.03 bits per heavy atom. The van der Waals surface area contributed by atoms with Gasteiger partial charge in [-0.2, -0.15) is 0 Å². The Bertz CT molecular complexity index is 1250. The van der Waals surface area contributed by atoms with E-state index in [4.69, 9.17) is 0 Å². The van der Waals surface area contributed by atoms with Gasteiger partial charge in [0.2, 0.25) is 5.95 Å². The van der Waals surface area contributed by atoms with Crippen LogP contribution in [0.4, 0.5) is 21.8 Å². The highest BCUT2D eigenvalue weighted by molar-refractivity contribution is 5.74. The van der Waals surface area contributed by atoms with Crippen LogP contribution in [-0.2, 0) is 5.41 Å². The minimum Gasteiger partial charge on any atom is -0.368 e. The Kier molecular flexibility index (Phi) is 6.28. The van der Waals surface area contributed by atoms with Crippen LogP contribution in [-0.4, -0.2) is 52.6 Å². The van der Waals surface area contributed by atoms with Crippen molar-refractivity contribution in [3.05, 3.63) is 65.2 Å². The van der Waals surface area contributed by atoms with E-state index in [1.807, 2.05) is 18.3 Å². The van der Waals surface area contributed by atoms with Gasteiger partial charge >= 0.3 is 0 Å². The Hall–Kier alpha value is -3.32.